The van der Waals surface area contributed by atoms with E-state index < -0.39 is 5.97 Å². The average molecular weight is 173 g/mol. The van der Waals surface area contributed by atoms with Crippen LogP contribution in [0.15, 0.2) is 0 Å². The summed E-state index contributed by atoms with van der Waals surface area (Å²) in [4.78, 5) is 9.60. The summed E-state index contributed by atoms with van der Waals surface area (Å²) in [5, 5.41) is 11.2. The molecule has 1 aliphatic heterocycles. The molecule has 3 nitrogen and oxygen atoms in total. The fourth-order valence-corrected chi connectivity index (χ4v) is 1.02. The lowest BCUT2D eigenvalue weighted by Crippen LogP contribution is -2.21. The zero-order chi connectivity index (χ0) is 9.23. The van der Waals surface area contributed by atoms with E-state index in [2.05, 4.69) is 5.32 Å². The van der Waals surface area contributed by atoms with Gasteiger partial charge in [0.15, 0.2) is 0 Å². The van der Waals surface area contributed by atoms with Gasteiger partial charge in [0, 0.05) is 6.42 Å². The van der Waals surface area contributed by atoms with Crippen LogP contribution in [0, 0.1) is 0 Å². The van der Waals surface area contributed by atoms with Crippen molar-refractivity contribution in [3.05, 3.63) is 0 Å². The van der Waals surface area contributed by atoms with Crippen LogP contribution in [0.5, 0.6) is 0 Å². The molecule has 1 heterocycles. The fraction of sp³-hybridized carbons (Fsp3) is 0.889. The third-order valence-corrected chi connectivity index (χ3v) is 1.67. The molecule has 0 atom stereocenters. The van der Waals surface area contributed by atoms with E-state index in [1.54, 1.807) is 0 Å². The fourth-order valence-electron chi connectivity index (χ4n) is 1.02. The summed E-state index contributed by atoms with van der Waals surface area (Å²) in [5.41, 5.74) is 0. The van der Waals surface area contributed by atoms with Crippen LogP contribution in [-0.4, -0.2) is 24.2 Å². The van der Waals surface area contributed by atoms with Crippen LogP contribution in [0.4, 0.5) is 0 Å². The van der Waals surface area contributed by atoms with Crippen molar-refractivity contribution in [1.82, 2.24) is 5.32 Å². The molecule has 1 saturated heterocycles. The van der Waals surface area contributed by atoms with Gasteiger partial charge in [-0.2, -0.15) is 0 Å². The second-order valence-corrected chi connectivity index (χ2v) is 2.95. The van der Waals surface area contributed by atoms with Crippen molar-refractivity contribution in [1.29, 1.82) is 0 Å². The van der Waals surface area contributed by atoms with Crippen LogP contribution in [0.25, 0.3) is 0 Å². The number of hydrogen-bond donors (Lipinski definition) is 2. The van der Waals surface area contributed by atoms with E-state index in [1.165, 1.54) is 32.4 Å². The second-order valence-electron chi connectivity index (χ2n) is 2.95. The van der Waals surface area contributed by atoms with Crippen molar-refractivity contribution in [2.45, 2.75) is 39.0 Å². The SMILES string of the molecule is C1CCNCC1.CCCC(=O)O. The lowest BCUT2D eigenvalue weighted by atomic mass is 10.2. The van der Waals surface area contributed by atoms with Crippen molar-refractivity contribution in [2.75, 3.05) is 13.1 Å². The molecule has 12 heavy (non-hydrogen) atoms. The number of piperidine rings is 1. The molecule has 0 spiro atoms. The normalized spacial score (nSPS) is 16.1. The van der Waals surface area contributed by atoms with Gasteiger partial charge in [0.05, 0.1) is 0 Å². The van der Waals surface area contributed by atoms with E-state index in [0.29, 0.717) is 6.42 Å². The first-order valence-electron chi connectivity index (χ1n) is 4.70. The van der Waals surface area contributed by atoms with Crippen LogP contribution < -0.4 is 5.32 Å². The third-order valence-electron chi connectivity index (χ3n) is 1.67. The van der Waals surface area contributed by atoms with Gasteiger partial charge < -0.3 is 10.4 Å². The van der Waals surface area contributed by atoms with Crippen molar-refractivity contribution < 1.29 is 9.90 Å². The Morgan fingerprint density at radius 1 is 1.33 bits per heavy atom. The summed E-state index contributed by atoms with van der Waals surface area (Å²) in [6.45, 7) is 4.34. The average Bonchev–Trinajstić information content (AvgIpc) is 2.08. The van der Waals surface area contributed by atoms with Crippen molar-refractivity contribution in [3.63, 3.8) is 0 Å². The summed E-state index contributed by atoms with van der Waals surface area (Å²) in [6, 6.07) is 0. The summed E-state index contributed by atoms with van der Waals surface area (Å²) < 4.78 is 0. The van der Waals surface area contributed by atoms with Crippen LogP contribution in [0.1, 0.15) is 39.0 Å². The zero-order valence-electron chi connectivity index (χ0n) is 7.81. The Balaban J connectivity index is 0.000000202. The molecule has 72 valence electrons. The molecule has 0 radical (unpaired) electrons. The molecule has 1 rings (SSSR count). The van der Waals surface area contributed by atoms with Gasteiger partial charge in [-0.15, -0.1) is 0 Å². The van der Waals surface area contributed by atoms with E-state index in [1.807, 2.05) is 6.92 Å². The Kier molecular flexibility index (Phi) is 8.12. The number of rotatable bonds is 2. The Hall–Kier alpha value is -0.570. The molecule has 0 aromatic carbocycles. The number of carboxylic acid groups (broad SMARTS) is 1. The quantitative estimate of drug-likeness (QED) is 0.667. The maximum absolute atomic E-state index is 9.60. The van der Waals surface area contributed by atoms with E-state index in [-0.39, 0.29) is 0 Å². The highest BCUT2D eigenvalue weighted by molar-refractivity contribution is 5.66. The molecule has 0 unspecified atom stereocenters. The van der Waals surface area contributed by atoms with Gasteiger partial charge in [-0.05, 0) is 32.4 Å². The molecule has 0 bridgehead atoms. The highest BCUT2D eigenvalue weighted by Crippen LogP contribution is 1.96. The topological polar surface area (TPSA) is 49.3 Å². The van der Waals surface area contributed by atoms with Crippen LogP contribution in [0.2, 0.25) is 0 Å². The van der Waals surface area contributed by atoms with E-state index >= 15 is 0 Å². The predicted octanol–water partition coefficient (Wildman–Crippen LogP) is 1.63. The molecule has 3 heteroatoms. The number of hydrogen-bond acceptors (Lipinski definition) is 2. The summed E-state index contributed by atoms with van der Waals surface area (Å²) >= 11 is 0. The number of carbonyl (C=O) groups is 1. The van der Waals surface area contributed by atoms with Gasteiger partial charge in [-0.25, -0.2) is 0 Å². The minimum absolute atomic E-state index is 0.292. The Morgan fingerprint density at radius 3 is 2.00 bits per heavy atom. The van der Waals surface area contributed by atoms with Gasteiger partial charge in [-0.1, -0.05) is 13.3 Å². The van der Waals surface area contributed by atoms with Gasteiger partial charge in [0.2, 0.25) is 0 Å². The number of aliphatic carboxylic acids is 1. The molecular weight excluding hydrogens is 154 g/mol. The smallest absolute Gasteiger partial charge is 0.303 e. The molecule has 0 amide bonds. The lowest BCUT2D eigenvalue weighted by molar-refractivity contribution is -0.137. The maximum atomic E-state index is 9.60. The van der Waals surface area contributed by atoms with E-state index in [9.17, 15) is 4.79 Å². The largest absolute Gasteiger partial charge is 0.481 e. The monoisotopic (exact) mass is 173 g/mol. The third kappa shape index (κ3) is 9.43. The standard InChI is InChI=1S/C5H11N.C4H8O2/c1-2-4-6-5-3-1;1-2-3-4(5)6/h6H,1-5H2;2-3H2,1H3,(H,5,6). The first kappa shape index (κ1) is 11.4. The van der Waals surface area contributed by atoms with Crippen LogP contribution in [-0.2, 0) is 4.79 Å². The van der Waals surface area contributed by atoms with Gasteiger partial charge >= 0.3 is 5.97 Å². The molecule has 2 N–H and O–H groups in total. The van der Waals surface area contributed by atoms with Crippen LogP contribution in [0.3, 0.4) is 0 Å². The number of nitrogens with one attached hydrogen (secondary N) is 1. The second kappa shape index (κ2) is 8.53. The predicted molar refractivity (Wildman–Crippen MR) is 49.3 cm³/mol. The van der Waals surface area contributed by atoms with Crippen molar-refractivity contribution in [3.8, 4) is 0 Å². The number of carboxylic acids is 1. The van der Waals surface area contributed by atoms with E-state index in [4.69, 9.17) is 5.11 Å². The molecule has 0 aliphatic carbocycles. The Labute approximate surface area is 74.2 Å². The first-order chi connectivity index (χ1) is 5.77. The highest BCUT2D eigenvalue weighted by atomic mass is 16.4. The molecular formula is C9H19NO2. The summed E-state index contributed by atoms with van der Waals surface area (Å²) in [7, 11) is 0. The molecule has 1 fully saturated rings. The Bertz CT molecular complexity index is 99.6. The van der Waals surface area contributed by atoms with Gasteiger partial charge in [0.1, 0.15) is 0 Å². The summed E-state index contributed by atoms with van der Waals surface area (Å²) in [6.07, 6.45) is 5.24. The van der Waals surface area contributed by atoms with Crippen molar-refractivity contribution >= 4 is 5.97 Å². The minimum Gasteiger partial charge on any atom is -0.481 e. The molecule has 0 aromatic rings. The van der Waals surface area contributed by atoms with Gasteiger partial charge in [0.25, 0.3) is 0 Å². The minimum atomic E-state index is -0.711. The van der Waals surface area contributed by atoms with Crippen molar-refractivity contribution in [2.24, 2.45) is 0 Å². The molecule has 0 saturated carbocycles. The molecule has 1 aliphatic rings. The highest BCUT2D eigenvalue weighted by Gasteiger charge is 1.93. The lowest BCUT2D eigenvalue weighted by Gasteiger charge is -2.08. The molecule has 0 aromatic heterocycles. The first-order valence-corrected chi connectivity index (χ1v) is 4.70. The van der Waals surface area contributed by atoms with Gasteiger partial charge in [-0.3, -0.25) is 4.79 Å². The summed E-state index contributed by atoms with van der Waals surface area (Å²) in [5.74, 6) is -0.711. The van der Waals surface area contributed by atoms with Crippen LogP contribution >= 0.6 is 0 Å². The van der Waals surface area contributed by atoms with E-state index in [0.717, 1.165) is 6.42 Å². The maximum Gasteiger partial charge on any atom is 0.303 e. The zero-order valence-corrected chi connectivity index (χ0v) is 7.81. The Morgan fingerprint density at radius 2 is 1.92 bits per heavy atom.